The molecule has 3 heterocycles. The Morgan fingerprint density at radius 1 is 0.760 bits per heavy atom. The van der Waals surface area contributed by atoms with Crippen LogP contribution in [0.3, 0.4) is 0 Å². The molecule has 248 valence electrons. The molecule has 50 heavy (non-hydrogen) atoms. The van der Waals surface area contributed by atoms with Crippen molar-refractivity contribution < 1.29 is 33.7 Å². The molecule has 1 aromatic heterocycles. The van der Waals surface area contributed by atoms with Crippen molar-refractivity contribution in [3.63, 3.8) is 0 Å². The number of rotatable bonds is 8. The maximum absolute atomic E-state index is 13.3. The Morgan fingerprint density at radius 3 is 2.34 bits per heavy atom. The summed E-state index contributed by atoms with van der Waals surface area (Å²) < 4.78 is 20.5. The van der Waals surface area contributed by atoms with E-state index in [0.29, 0.717) is 17.8 Å². The fourth-order valence-electron chi connectivity index (χ4n) is 6.71. The molecule has 5 aromatic carbocycles. The van der Waals surface area contributed by atoms with Crippen molar-refractivity contribution in [1.29, 1.82) is 0 Å². The molecular formula is C40H31N3O7. The normalized spacial score (nSPS) is 20.0. The van der Waals surface area contributed by atoms with Crippen molar-refractivity contribution in [2.75, 3.05) is 5.32 Å². The number of fused-ring (bicyclic) bond motifs is 2. The van der Waals surface area contributed by atoms with Crippen molar-refractivity contribution in [3.05, 3.63) is 167 Å². The molecule has 10 heteroatoms. The van der Waals surface area contributed by atoms with E-state index in [0.717, 1.165) is 27.7 Å². The minimum atomic E-state index is -0.810. The second-order valence-corrected chi connectivity index (χ2v) is 12.3. The first-order chi connectivity index (χ1) is 24.4. The minimum Gasteiger partial charge on any atom is -0.392 e. The Labute approximate surface area is 286 Å². The summed E-state index contributed by atoms with van der Waals surface area (Å²) >= 11 is 0. The predicted molar refractivity (Wildman–Crippen MR) is 183 cm³/mol. The second-order valence-electron chi connectivity index (χ2n) is 12.3. The Hall–Kier alpha value is -5.94. The maximum atomic E-state index is 13.3. The van der Waals surface area contributed by atoms with Gasteiger partial charge in [0.1, 0.15) is 0 Å². The number of aliphatic hydroxyl groups is 1. The number of anilines is 1. The lowest BCUT2D eigenvalue weighted by atomic mass is 9.83. The number of cyclic esters (lactones) is 2. The van der Waals surface area contributed by atoms with Gasteiger partial charge in [0.25, 0.3) is 5.91 Å². The number of aromatic nitrogens is 2. The summed E-state index contributed by atoms with van der Waals surface area (Å²) in [6.45, 7) is 0.424. The van der Waals surface area contributed by atoms with Crippen molar-refractivity contribution in [2.24, 2.45) is 0 Å². The van der Waals surface area contributed by atoms with Crippen LogP contribution in [0.4, 0.5) is 5.69 Å². The highest BCUT2D eigenvalue weighted by molar-refractivity contribution is 6.16. The Balaban J connectivity index is 1.14. The molecule has 2 N–H and O–H groups in total. The number of para-hydroxylation sites is 2. The fourth-order valence-corrected chi connectivity index (χ4v) is 6.71. The van der Waals surface area contributed by atoms with Crippen LogP contribution in [-0.2, 0) is 27.4 Å². The number of benzene rings is 5. The van der Waals surface area contributed by atoms with E-state index in [1.54, 1.807) is 12.1 Å². The molecule has 2 aliphatic heterocycles. The lowest BCUT2D eigenvalue weighted by Gasteiger charge is -2.43. The van der Waals surface area contributed by atoms with E-state index in [2.05, 4.69) is 31.7 Å². The molecule has 8 rings (SSSR count). The second kappa shape index (κ2) is 13.2. The van der Waals surface area contributed by atoms with Crippen molar-refractivity contribution in [2.45, 2.75) is 37.6 Å². The Morgan fingerprint density at radius 2 is 1.52 bits per heavy atom. The molecule has 1 unspecified atom stereocenters. The molecule has 10 nitrogen and oxygen atoms in total. The number of carbonyl (C=O) groups excluding carboxylic acids is 3. The number of hydrogen-bond acceptors (Lipinski definition) is 8. The summed E-state index contributed by atoms with van der Waals surface area (Å²) in [7, 11) is 0. The first-order valence-corrected chi connectivity index (χ1v) is 16.2. The van der Waals surface area contributed by atoms with Crippen LogP contribution in [0, 0.1) is 0 Å². The average Bonchev–Trinajstić information content (AvgIpc) is 3.70. The van der Waals surface area contributed by atoms with Crippen molar-refractivity contribution in [1.82, 2.24) is 9.55 Å². The standard InChI is InChI=1S/C40H31N3O7/c44-22-24-13-15-26(16-14-24)36-35(25-7-2-1-3-8-25)34(21-43-23-41-32-11-4-5-12-33(32)43)48-40(49-36)28-9-6-10-29(19-28)42-37(45)27-17-18-30-31(20-27)39(47)50-38(30)46/h1-20,23,34-36,40,44H,21-22H2,(H,42,45)/t34-,35-,36+,40?/m1/s1. The van der Waals surface area contributed by atoms with Gasteiger partial charge in [-0.15, -0.1) is 0 Å². The van der Waals surface area contributed by atoms with E-state index in [9.17, 15) is 19.5 Å². The zero-order valence-corrected chi connectivity index (χ0v) is 26.6. The van der Waals surface area contributed by atoms with Crippen LogP contribution in [0.2, 0.25) is 0 Å². The van der Waals surface area contributed by atoms with E-state index in [1.165, 1.54) is 18.2 Å². The number of nitrogens with zero attached hydrogens (tertiary/aromatic N) is 2. The first kappa shape index (κ1) is 31.3. The van der Waals surface area contributed by atoms with E-state index in [1.807, 2.05) is 85.2 Å². The van der Waals surface area contributed by atoms with Crippen LogP contribution in [-0.4, -0.2) is 38.6 Å². The van der Waals surface area contributed by atoms with E-state index < -0.39 is 30.2 Å². The van der Waals surface area contributed by atoms with Gasteiger partial charge in [0.2, 0.25) is 0 Å². The molecule has 0 spiro atoms. The molecular weight excluding hydrogens is 634 g/mol. The Bertz CT molecular complexity index is 2230. The highest BCUT2D eigenvalue weighted by Gasteiger charge is 2.42. The third-order valence-corrected chi connectivity index (χ3v) is 9.20. The number of hydrogen-bond donors (Lipinski definition) is 2. The number of esters is 2. The SMILES string of the molecule is O=C(Nc1cccc(C2O[C@H](Cn3cnc4ccccc43)[C@@H](c3ccccc3)[C@H](c3ccc(CO)cc3)O2)c1)c1ccc2c(c1)C(=O)OC2=O. The molecule has 0 aliphatic carbocycles. The van der Waals surface area contributed by atoms with Gasteiger partial charge in [0.05, 0.1) is 53.8 Å². The van der Waals surface area contributed by atoms with Gasteiger partial charge in [-0.25, -0.2) is 14.6 Å². The lowest BCUT2D eigenvalue weighted by molar-refractivity contribution is -0.263. The third kappa shape index (κ3) is 5.96. The van der Waals surface area contributed by atoms with Gasteiger partial charge >= 0.3 is 11.9 Å². The van der Waals surface area contributed by atoms with Crippen LogP contribution in [0.15, 0.2) is 128 Å². The molecule has 2 aliphatic rings. The smallest absolute Gasteiger partial charge is 0.346 e. The number of amides is 1. The highest BCUT2D eigenvalue weighted by Crippen LogP contribution is 2.47. The highest BCUT2D eigenvalue weighted by atomic mass is 16.7. The van der Waals surface area contributed by atoms with Crippen LogP contribution in [0.1, 0.15) is 71.6 Å². The van der Waals surface area contributed by atoms with Crippen molar-refractivity contribution >= 4 is 34.6 Å². The fraction of sp³-hybridized carbons (Fsp3) is 0.150. The van der Waals surface area contributed by atoms with Gasteiger partial charge < -0.3 is 29.2 Å². The average molecular weight is 666 g/mol. The summed E-state index contributed by atoms with van der Waals surface area (Å²) in [5.74, 6) is -2.18. The summed E-state index contributed by atoms with van der Waals surface area (Å²) in [5, 5.41) is 12.6. The first-order valence-electron chi connectivity index (χ1n) is 16.2. The quantitative estimate of drug-likeness (QED) is 0.135. The zero-order chi connectivity index (χ0) is 34.2. The molecule has 1 amide bonds. The van der Waals surface area contributed by atoms with Gasteiger partial charge in [-0.1, -0.05) is 78.9 Å². The zero-order valence-electron chi connectivity index (χ0n) is 26.6. The summed E-state index contributed by atoms with van der Waals surface area (Å²) in [4.78, 5) is 41.8. The van der Waals surface area contributed by atoms with E-state index >= 15 is 0 Å². The largest absolute Gasteiger partial charge is 0.392 e. The van der Waals surface area contributed by atoms with Gasteiger partial charge in [0, 0.05) is 22.7 Å². The van der Waals surface area contributed by atoms with Gasteiger partial charge in [-0.3, -0.25) is 4.79 Å². The summed E-state index contributed by atoms with van der Waals surface area (Å²) in [6.07, 6.45) is 0.213. The van der Waals surface area contributed by atoms with Crippen LogP contribution in [0.5, 0.6) is 0 Å². The maximum Gasteiger partial charge on any atom is 0.346 e. The third-order valence-electron chi connectivity index (χ3n) is 9.20. The van der Waals surface area contributed by atoms with Crippen LogP contribution < -0.4 is 5.32 Å². The van der Waals surface area contributed by atoms with E-state index in [-0.39, 0.29) is 35.3 Å². The number of nitrogens with one attached hydrogen (secondary N) is 1. The molecule has 1 fully saturated rings. The minimum absolute atomic E-state index is 0.0585. The van der Waals surface area contributed by atoms with Gasteiger partial charge in [0.15, 0.2) is 6.29 Å². The number of carbonyl (C=O) groups is 3. The molecule has 4 atom stereocenters. The molecule has 0 saturated carbocycles. The Kier molecular flexibility index (Phi) is 8.25. The topological polar surface area (TPSA) is 129 Å². The van der Waals surface area contributed by atoms with E-state index in [4.69, 9.17) is 9.47 Å². The van der Waals surface area contributed by atoms with Gasteiger partial charge in [-0.2, -0.15) is 0 Å². The summed E-state index contributed by atoms with van der Waals surface area (Å²) in [5.41, 5.74) is 6.24. The van der Waals surface area contributed by atoms with Crippen LogP contribution in [0.25, 0.3) is 11.0 Å². The number of imidazole rings is 1. The lowest BCUT2D eigenvalue weighted by Crippen LogP contribution is -2.39. The number of ether oxygens (including phenoxy) is 3. The molecule has 0 radical (unpaired) electrons. The molecule has 0 bridgehead atoms. The van der Waals surface area contributed by atoms with Gasteiger partial charge in [-0.05, 0) is 59.2 Å². The number of aliphatic hydroxyl groups excluding tert-OH is 1. The summed E-state index contributed by atoms with van der Waals surface area (Å²) in [6, 6.07) is 37.4. The van der Waals surface area contributed by atoms with Crippen molar-refractivity contribution in [3.8, 4) is 0 Å². The van der Waals surface area contributed by atoms with Crippen LogP contribution >= 0.6 is 0 Å². The molecule has 6 aromatic rings. The monoisotopic (exact) mass is 665 g/mol. The molecule has 1 saturated heterocycles. The predicted octanol–water partition coefficient (Wildman–Crippen LogP) is 6.73.